The van der Waals surface area contributed by atoms with Crippen LogP contribution < -0.4 is 0 Å². The Morgan fingerprint density at radius 2 is 2.42 bits per heavy atom. The summed E-state index contributed by atoms with van der Waals surface area (Å²) in [5.74, 6) is -0.631. The van der Waals surface area contributed by atoms with Gasteiger partial charge in [-0.1, -0.05) is 11.6 Å². The molecular formula is C7H4ClNO2S. The van der Waals surface area contributed by atoms with E-state index in [-0.39, 0.29) is 4.88 Å². The Morgan fingerprint density at radius 1 is 1.75 bits per heavy atom. The maximum atomic E-state index is 11.0. The number of carbonyl (C=O) groups is 1. The molecule has 0 bridgehead atoms. The summed E-state index contributed by atoms with van der Waals surface area (Å²) in [4.78, 5) is 24.0. The summed E-state index contributed by atoms with van der Waals surface area (Å²) in [5.41, 5.74) is 0.811. The van der Waals surface area contributed by atoms with E-state index in [1.54, 1.807) is 12.3 Å². The second-order valence-electron chi connectivity index (χ2n) is 2.07. The number of rotatable bonds is 1. The van der Waals surface area contributed by atoms with Crippen LogP contribution in [0.3, 0.4) is 0 Å². The normalized spacial score (nSPS) is 9.17. The number of thiophene rings is 1. The summed E-state index contributed by atoms with van der Waals surface area (Å²) >= 11 is 6.91. The molecule has 0 aromatic carbocycles. The first-order valence-corrected chi connectivity index (χ1v) is 4.28. The third-order valence-corrected chi connectivity index (χ3v) is 2.93. The molecule has 0 N–H and O–H groups in total. The molecule has 1 aromatic heterocycles. The van der Waals surface area contributed by atoms with Crippen LogP contribution in [0.15, 0.2) is 10.4 Å². The standard InChI is InChI=1S/C7H4ClNO2S/c1-4-2-12-6(5(4)8)7(11)9-3-10/h2H,1H3. The van der Waals surface area contributed by atoms with Crippen LogP contribution in [0.25, 0.3) is 0 Å². The van der Waals surface area contributed by atoms with Crippen molar-refractivity contribution >= 4 is 34.9 Å². The molecule has 0 spiro atoms. The smallest absolute Gasteiger partial charge is 0.265 e. The number of nitrogens with zero attached hydrogens (tertiary/aromatic N) is 1. The van der Waals surface area contributed by atoms with E-state index in [9.17, 15) is 9.59 Å². The molecule has 5 heteroatoms. The molecule has 0 atom stereocenters. The van der Waals surface area contributed by atoms with Crippen LogP contribution in [0.1, 0.15) is 15.2 Å². The fourth-order valence-electron chi connectivity index (χ4n) is 0.666. The van der Waals surface area contributed by atoms with Gasteiger partial charge in [0.1, 0.15) is 4.88 Å². The van der Waals surface area contributed by atoms with Crippen molar-refractivity contribution in [3.8, 4) is 0 Å². The average molecular weight is 202 g/mol. The van der Waals surface area contributed by atoms with Crippen molar-refractivity contribution in [3.05, 3.63) is 20.8 Å². The van der Waals surface area contributed by atoms with E-state index in [4.69, 9.17) is 11.6 Å². The molecule has 1 heterocycles. The van der Waals surface area contributed by atoms with Crippen molar-refractivity contribution in [1.82, 2.24) is 0 Å². The number of hydrogen-bond donors (Lipinski definition) is 0. The Hall–Kier alpha value is -0.960. The zero-order valence-corrected chi connectivity index (χ0v) is 7.70. The zero-order valence-electron chi connectivity index (χ0n) is 6.13. The Balaban J connectivity index is 3.11. The number of isocyanates is 1. The first-order valence-electron chi connectivity index (χ1n) is 3.02. The molecule has 3 nitrogen and oxygen atoms in total. The van der Waals surface area contributed by atoms with Crippen molar-refractivity contribution in [1.29, 1.82) is 0 Å². The van der Waals surface area contributed by atoms with E-state index < -0.39 is 5.91 Å². The molecule has 0 saturated heterocycles. The van der Waals surface area contributed by atoms with Gasteiger partial charge in [0.05, 0.1) is 5.02 Å². The van der Waals surface area contributed by atoms with Gasteiger partial charge in [0.15, 0.2) is 0 Å². The van der Waals surface area contributed by atoms with Crippen molar-refractivity contribution in [3.63, 3.8) is 0 Å². The summed E-state index contributed by atoms with van der Waals surface area (Å²) < 4.78 is 0. The third-order valence-electron chi connectivity index (χ3n) is 1.24. The number of aryl methyl sites for hydroxylation is 1. The van der Waals surface area contributed by atoms with Crippen LogP contribution in [0.2, 0.25) is 5.02 Å². The molecular weight excluding hydrogens is 198 g/mol. The predicted molar refractivity (Wildman–Crippen MR) is 46.5 cm³/mol. The lowest BCUT2D eigenvalue weighted by atomic mass is 10.3. The predicted octanol–water partition coefficient (Wildman–Crippen LogP) is 2.19. The second-order valence-corrected chi connectivity index (χ2v) is 3.33. The lowest BCUT2D eigenvalue weighted by Gasteiger charge is -1.88. The molecule has 0 aliphatic rings. The molecule has 1 rings (SSSR count). The van der Waals surface area contributed by atoms with E-state index in [0.717, 1.165) is 5.56 Å². The van der Waals surface area contributed by atoms with E-state index >= 15 is 0 Å². The van der Waals surface area contributed by atoms with Gasteiger partial charge in [-0.2, -0.15) is 0 Å². The van der Waals surface area contributed by atoms with Crippen molar-refractivity contribution < 1.29 is 9.59 Å². The van der Waals surface area contributed by atoms with Crippen LogP contribution in [0.5, 0.6) is 0 Å². The first-order chi connectivity index (χ1) is 5.66. The molecule has 0 aliphatic heterocycles. The summed E-state index contributed by atoms with van der Waals surface area (Å²) in [5, 5.41) is 2.10. The lowest BCUT2D eigenvalue weighted by Crippen LogP contribution is -1.90. The Kier molecular flexibility index (Phi) is 2.76. The highest BCUT2D eigenvalue weighted by Crippen LogP contribution is 2.27. The molecule has 0 saturated carbocycles. The summed E-state index contributed by atoms with van der Waals surface area (Å²) in [6, 6.07) is 0. The van der Waals surface area contributed by atoms with Gasteiger partial charge in [-0.3, -0.25) is 4.79 Å². The molecule has 1 aromatic rings. The fraction of sp³-hybridized carbons (Fsp3) is 0.143. The number of hydrogen-bond acceptors (Lipinski definition) is 3. The van der Waals surface area contributed by atoms with Gasteiger partial charge in [-0.15, -0.1) is 16.3 Å². The van der Waals surface area contributed by atoms with Crippen molar-refractivity contribution in [2.75, 3.05) is 0 Å². The van der Waals surface area contributed by atoms with Gasteiger partial charge in [0.25, 0.3) is 5.91 Å². The largest absolute Gasteiger partial charge is 0.299 e. The summed E-state index contributed by atoms with van der Waals surface area (Å²) in [7, 11) is 0. The molecule has 12 heavy (non-hydrogen) atoms. The molecule has 0 unspecified atom stereocenters. The van der Waals surface area contributed by atoms with Crippen LogP contribution in [-0.4, -0.2) is 12.0 Å². The van der Waals surface area contributed by atoms with E-state index in [2.05, 4.69) is 4.99 Å². The maximum absolute atomic E-state index is 11.0. The van der Waals surface area contributed by atoms with Crippen molar-refractivity contribution in [2.45, 2.75) is 6.92 Å². The van der Waals surface area contributed by atoms with Gasteiger partial charge in [0.2, 0.25) is 6.08 Å². The van der Waals surface area contributed by atoms with Gasteiger partial charge >= 0.3 is 0 Å². The highest BCUT2D eigenvalue weighted by Gasteiger charge is 2.13. The molecule has 0 fully saturated rings. The maximum Gasteiger partial charge on any atom is 0.299 e. The van der Waals surface area contributed by atoms with E-state index in [0.29, 0.717) is 5.02 Å². The van der Waals surface area contributed by atoms with E-state index in [1.807, 2.05) is 0 Å². The van der Waals surface area contributed by atoms with Crippen LogP contribution in [0, 0.1) is 6.92 Å². The third kappa shape index (κ3) is 1.61. The Morgan fingerprint density at radius 3 is 2.83 bits per heavy atom. The number of aliphatic imine (C=N–C) groups is 1. The van der Waals surface area contributed by atoms with Crippen molar-refractivity contribution in [2.24, 2.45) is 4.99 Å². The van der Waals surface area contributed by atoms with Gasteiger partial charge in [0, 0.05) is 0 Å². The van der Waals surface area contributed by atoms with E-state index in [1.165, 1.54) is 17.4 Å². The van der Waals surface area contributed by atoms with Crippen LogP contribution in [-0.2, 0) is 4.79 Å². The monoisotopic (exact) mass is 201 g/mol. The number of amides is 1. The molecule has 0 aliphatic carbocycles. The second kappa shape index (κ2) is 3.63. The van der Waals surface area contributed by atoms with Gasteiger partial charge in [-0.25, -0.2) is 4.79 Å². The molecule has 1 amide bonds. The van der Waals surface area contributed by atoms with Crippen LogP contribution >= 0.6 is 22.9 Å². The molecule has 0 radical (unpaired) electrons. The van der Waals surface area contributed by atoms with Gasteiger partial charge in [-0.05, 0) is 17.9 Å². The minimum atomic E-state index is -0.631. The topological polar surface area (TPSA) is 46.5 Å². The highest BCUT2D eigenvalue weighted by atomic mass is 35.5. The quantitative estimate of drug-likeness (QED) is 0.517. The fourth-order valence-corrected chi connectivity index (χ4v) is 1.82. The SMILES string of the molecule is Cc1csc(C(=O)N=C=O)c1Cl. The Labute approximate surface area is 77.7 Å². The molecule has 62 valence electrons. The summed E-state index contributed by atoms with van der Waals surface area (Å²) in [6.07, 6.45) is 1.18. The number of halogens is 1. The van der Waals surface area contributed by atoms with Gasteiger partial charge < -0.3 is 0 Å². The summed E-state index contributed by atoms with van der Waals surface area (Å²) in [6.45, 7) is 1.78. The highest BCUT2D eigenvalue weighted by molar-refractivity contribution is 7.13. The average Bonchev–Trinajstić information content (AvgIpc) is 2.34. The minimum absolute atomic E-state index is 0.289. The zero-order chi connectivity index (χ0) is 9.14. The lowest BCUT2D eigenvalue weighted by molar-refractivity contribution is 0.101. The Bertz CT molecular complexity index is 365. The first kappa shape index (κ1) is 9.13. The van der Waals surface area contributed by atoms with Crippen LogP contribution in [0.4, 0.5) is 0 Å². The minimum Gasteiger partial charge on any atom is -0.265 e. The number of carbonyl (C=O) groups excluding carboxylic acids is 2.